The third kappa shape index (κ3) is 70.1. The van der Waals surface area contributed by atoms with Crippen LogP contribution in [0.2, 0.25) is 0 Å². The fourth-order valence-electron chi connectivity index (χ4n) is 11.8. The van der Waals surface area contributed by atoms with Gasteiger partial charge in [-0.25, -0.2) is 4.57 Å². The van der Waals surface area contributed by atoms with Crippen LogP contribution in [-0.2, 0) is 32.7 Å². The Morgan fingerprint density at radius 1 is 0.321 bits per heavy atom. The largest absolute Gasteiger partial charge is 0.472 e. The summed E-state index contributed by atoms with van der Waals surface area (Å²) in [5, 5.41) is 0. The Morgan fingerprint density at radius 2 is 0.536 bits per heavy atom. The van der Waals surface area contributed by atoms with E-state index in [0.29, 0.717) is 17.4 Å². The van der Waals surface area contributed by atoms with Gasteiger partial charge in [-0.2, -0.15) is 0 Å². The summed E-state index contributed by atoms with van der Waals surface area (Å²) in [6, 6.07) is 0. The highest BCUT2D eigenvalue weighted by molar-refractivity contribution is 7.47. The molecule has 0 fully saturated rings. The van der Waals surface area contributed by atoms with Crippen molar-refractivity contribution < 1.29 is 42.1 Å². The summed E-state index contributed by atoms with van der Waals surface area (Å²) in [4.78, 5) is 35.9. The average molecular weight is 1210 g/mol. The molecule has 1 N–H and O–H groups in total. The lowest BCUT2D eigenvalue weighted by molar-refractivity contribution is -0.870. The first kappa shape index (κ1) is 83.0. The van der Waals surface area contributed by atoms with E-state index in [-0.39, 0.29) is 25.6 Å². The Kier molecular flexibility index (Phi) is 65.6. The summed E-state index contributed by atoms with van der Waals surface area (Å²) in [5.74, 6) is -0.767. The van der Waals surface area contributed by atoms with Gasteiger partial charge in [0.15, 0.2) is 6.10 Å². The number of esters is 2. The number of hydrogen-bond donors (Lipinski definition) is 1. The first-order valence-corrected chi connectivity index (χ1v) is 39.3. The summed E-state index contributed by atoms with van der Waals surface area (Å²) >= 11 is 0. The zero-order valence-corrected chi connectivity index (χ0v) is 58.3. The van der Waals surface area contributed by atoms with Gasteiger partial charge in [0.2, 0.25) is 0 Å². The van der Waals surface area contributed by atoms with Crippen molar-refractivity contribution in [3.05, 3.63) is 0 Å². The van der Waals surface area contributed by atoms with E-state index in [1.54, 1.807) is 0 Å². The lowest BCUT2D eigenvalue weighted by atomic mass is 10.0. The van der Waals surface area contributed by atoms with Gasteiger partial charge in [-0.3, -0.25) is 18.6 Å². The van der Waals surface area contributed by atoms with Gasteiger partial charge >= 0.3 is 19.8 Å². The van der Waals surface area contributed by atoms with E-state index < -0.39 is 26.5 Å². The number of nitrogens with zero attached hydrogens (tertiary/aromatic N) is 1. The molecular formula is C74H149NO8P+. The van der Waals surface area contributed by atoms with Crippen LogP contribution in [-0.4, -0.2) is 74.9 Å². The first-order chi connectivity index (χ1) is 41.0. The van der Waals surface area contributed by atoms with Gasteiger partial charge < -0.3 is 18.9 Å². The maximum atomic E-state index is 12.9. The van der Waals surface area contributed by atoms with Gasteiger partial charge in [0.25, 0.3) is 0 Å². The van der Waals surface area contributed by atoms with Gasteiger partial charge in [0.05, 0.1) is 27.7 Å². The Hall–Kier alpha value is -0.990. The second-order valence-corrected chi connectivity index (χ2v) is 28.9. The van der Waals surface area contributed by atoms with Crippen molar-refractivity contribution in [3.63, 3.8) is 0 Å². The highest BCUT2D eigenvalue weighted by Gasteiger charge is 2.27. The minimum Gasteiger partial charge on any atom is -0.462 e. The van der Waals surface area contributed by atoms with Crippen molar-refractivity contribution in [2.45, 2.75) is 418 Å². The molecule has 0 aliphatic rings. The molecule has 0 amide bonds. The van der Waals surface area contributed by atoms with Gasteiger partial charge in [-0.15, -0.1) is 0 Å². The smallest absolute Gasteiger partial charge is 0.462 e. The second-order valence-electron chi connectivity index (χ2n) is 27.4. The predicted octanol–water partition coefficient (Wildman–Crippen LogP) is 24.5. The average Bonchev–Trinajstić information content (AvgIpc) is 3.61. The Bertz CT molecular complexity index is 1370. The number of quaternary nitrogens is 1. The number of carbonyl (C=O) groups excluding carboxylic acids is 2. The van der Waals surface area contributed by atoms with Crippen molar-refractivity contribution in [2.24, 2.45) is 0 Å². The van der Waals surface area contributed by atoms with Crippen LogP contribution in [0, 0.1) is 0 Å². The van der Waals surface area contributed by atoms with Crippen LogP contribution in [0.4, 0.5) is 0 Å². The maximum absolute atomic E-state index is 12.9. The molecule has 84 heavy (non-hydrogen) atoms. The molecule has 0 aromatic rings. The topological polar surface area (TPSA) is 108 Å². The zero-order valence-electron chi connectivity index (χ0n) is 57.4. The van der Waals surface area contributed by atoms with Crippen LogP contribution < -0.4 is 0 Å². The molecule has 502 valence electrons. The fraction of sp³-hybridized carbons (Fsp3) is 0.973. The third-order valence-corrected chi connectivity index (χ3v) is 18.6. The molecule has 0 radical (unpaired) electrons. The molecule has 9 nitrogen and oxygen atoms in total. The van der Waals surface area contributed by atoms with Crippen LogP contribution in [0.15, 0.2) is 0 Å². The molecule has 0 aliphatic carbocycles. The fourth-order valence-corrected chi connectivity index (χ4v) is 12.6. The number of likely N-dealkylation sites (N-methyl/N-ethyl adjacent to an activating group) is 1. The molecular weight excluding hydrogens is 1060 g/mol. The number of rotatable bonds is 72. The van der Waals surface area contributed by atoms with Gasteiger partial charge in [0.1, 0.15) is 19.8 Å². The van der Waals surface area contributed by atoms with Crippen molar-refractivity contribution in [1.82, 2.24) is 0 Å². The molecule has 0 aromatic carbocycles. The Balaban J connectivity index is 3.86. The maximum Gasteiger partial charge on any atom is 0.472 e. The molecule has 0 aromatic heterocycles. The highest BCUT2D eigenvalue weighted by atomic mass is 31.2. The molecule has 10 heteroatoms. The minimum atomic E-state index is -4.38. The molecule has 0 aliphatic heterocycles. The summed E-state index contributed by atoms with van der Waals surface area (Å²) in [6.07, 6.45) is 81.1. The van der Waals surface area contributed by atoms with Crippen molar-refractivity contribution in [3.8, 4) is 0 Å². The molecule has 0 saturated carbocycles. The number of ether oxygens (including phenoxy) is 2. The van der Waals surface area contributed by atoms with E-state index in [0.717, 1.165) is 38.5 Å². The SMILES string of the molecule is CCCCCCCCCCCCCCCCCCCCCCCCCCCCCCCCCCCCCCCCCC(=O)OC(COC(=O)CCCCCCCCCCCCCCCCCCCCCCC)COP(=O)(O)OCC[N+](C)(C)C. The number of phosphoric acid groups is 1. The van der Waals surface area contributed by atoms with Gasteiger partial charge in [-0.05, 0) is 12.8 Å². The van der Waals surface area contributed by atoms with E-state index in [9.17, 15) is 19.0 Å². The van der Waals surface area contributed by atoms with Crippen LogP contribution in [0.1, 0.15) is 412 Å². The normalized spacial score (nSPS) is 13.0. The molecule has 0 spiro atoms. The van der Waals surface area contributed by atoms with Crippen molar-refractivity contribution in [2.75, 3.05) is 47.5 Å². The Labute approximate surface area is 524 Å². The Morgan fingerprint density at radius 3 is 0.762 bits per heavy atom. The molecule has 0 heterocycles. The van der Waals surface area contributed by atoms with Gasteiger partial charge in [-0.1, -0.05) is 386 Å². The molecule has 0 rings (SSSR count). The molecule has 2 unspecified atom stereocenters. The second kappa shape index (κ2) is 66.4. The van der Waals surface area contributed by atoms with E-state index >= 15 is 0 Å². The van der Waals surface area contributed by atoms with Crippen LogP contribution in [0.3, 0.4) is 0 Å². The van der Waals surface area contributed by atoms with Crippen LogP contribution in [0.25, 0.3) is 0 Å². The molecule has 0 bridgehead atoms. The van der Waals surface area contributed by atoms with E-state index in [1.807, 2.05) is 21.1 Å². The quantitative estimate of drug-likeness (QED) is 0.0278. The summed E-state index contributed by atoms with van der Waals surface area (Å²) in [7, 11) is 1.51. The summed E-state index contributed by atoms with van der Waals surface area (Å²) in [6.45, 7) is 4.53. The van der Waals surface area contributed by atoms with Crippen LogP contribution in [0.5, 0.6) is 0 Å². The number of hydrogen-bond acceptors (Lipinski definition) is 7. The minimum absolute atomic E-state index is 0.0377. The summed E-state index contributed by atoms with van der Waals surface area (Å²) in [5.41, 5.74) is 0. The van der Waals surface area contributed by atoms with E-state index in [2.05, 4.69) is 13.8 Å². The van der Waals surface area contributed by atoms with Gasteiger partial charge in [0, 0.05) is 12.8 Å². The molecule has 0 saturated heterocycles. The number of carbonyl (C=O) groups is 2. The monoisotopic (exact) mass is 1210 g/mol. The van der Waals surface area contributed by atoms with Crippen molar-refractivity contribution >= 4 is 19.8 Å². The lowest BCUT2D eigenvalue weighted by Crippen LogP contribution is -2.37. The van der Waals surface area contributed by atoms with E-state index in [1.165, 1.54) is 347 Å². The zero-order chi connectivity index (χ0) is 61.2. The van der Waals surface area contributed by atoms with Crippen molar-refractivity contribution in [1.29, 1.82) is 0 Å². The summed E-state index contributed by atoms with van der Waals surface area (Å²) < 4.78 is 34.8. The van der Waals surface area contributed by atoms with Crippen LogP contribution >= 0.6 is 7.82 Å². The highest BCUT2D eigenvalue weighted by Crippen LogP contribution is 2.43. The predicted molar refractivity (Wildman–Crippen MR) is 363 cm³/mol. The van der Waals surface area contributed by atoms with E-state index in [4.69, 9.17) is 18.5 Å². The lowest BCUT2D eigenvalue weighted by Gasteiger charge is -2.24. The number of unbranched alkanes of at least 4 members (excludes halogenated alkanes) is 58. The standard InChI is InChI=1S/C74H148NO8P/c1-6-8-10-12-14-16-18-20-22-24-26-28-29-30-31-32-33-34-35-36-37-38-39-40-41-42-43-44-45-47-49-51-53-55-57-59-61-63-65-67-74(77)83-72(71-82-84(78,79)81-69-68-75(3,4)5)70-80-73(76)66-64-62-60-58-56-54-52-50-48-46-27-25-23-21-19-17-15-13-11-9-7-2/h72H,6-71H2,1-5H3/p+1. The molecule has 2 atom stereocenters. The first-order valence-electron chi connectivity index (χ1n) is 37.8. The third-order valence-electron chi connectivity index (χ3n) is 17.6. The number of phosphoric ester groups is 1.